The van der Waals surface area contributed by atoms with Crippen molar-refractivity contribution in [1.82, 2.24) is 0 Å². The molecule has 0 aliphatic rings. The van der Waals surface area contributed by atoms with E-state index in [1.54, 1.807) is 0 Å². The Kier molecular flexibility index (Phi) is 5.98. The summed E-state index contributed by atoms with van der Waals surface area (Å²) < 4.78 is 18.4. The van der Waals surface area contributed by atoms with Gasteiger partial charge < -0.3 is 9.84 Å². The minimum Gasteiger partial charge on any atom is -0.492 e. The normalized spacial score (nSPS) is 13.0. The predicted octanol–water partition coefficient (Wildman–Crippen LogP) is 3.78. The maximum atomic E-state index is 12.7. The van der Waals surface area contributed by atoms with Crippen molar-refractivity contribution in [3.8, 4) is 0 Å². The molecule has 3 heteroatoms. The van der Waals surface area contributed by atoms with Gasteiger partial charge in [0.15, 0.2) is 0 Å². The number of halogens is 1. The number of alkyl halides is 1. The second kappa shape index (κ2) is 8.22. The summed E-state index contributed by atoms with van der Waals surface area (Å²) in [5.74, 6) is 0.182. The van der Waals surface area contributed by atoms with Gasteiger partial charge in [0.05, 0.1) is 19.9 Å². The molecule has 0 aliphatic carbocycles. The number of ether oxygens (including phenoxy) is 1. The Morgan fingerprint density at radius 1 is 1.05 bits per heavy atom. The van der Waals surface area contributed by atoms with Crippen LogP contribution in [0, 0.1) is 5.92 Å². The number of aliphatic hydroxyl groups excluding tert-OH is 1. The zero-order valence-electron chi connectivity index (χ0n) is 11.8. The van der Waals surface area contributed by atoms with Crippen LogP contribution in [0.4, 0.5) is 4.39 Å². The average molecular weight is 286 g/mol. The van der Waals surface area contributed by atoms with E-state index in [0.29, 0.717) is 5.76 Å². The molecule has 110 valence electrons. The van der Waals surface area contributed by atoms with Gasteiger partial charge in [-0.05, 0) is 11.6 Å². The van der Waals surface area contributed by atoms with Gasteiger partial charge in [-0.3, -0.25) is 4.39 Å². The third-order valence-electron chi connectivity index (χ3n) is 3.11. The Balaban J connectivity index is 2.21. The van der Waals surface area contributed by atoms with Gasteiger partial charge >= 0.3 is 0 Å². The molecule has 0 heterocycles. The van der Waals surface area contributed by atoms with Crippen LogP contribution in [0.5, 0.6) is 0 Å². The zero-order chi connectivity index (χ0) is 14.9. The van der Waals surface area contributed by atoms with Crippen LogP contribution in [0.3, 0.4) is 0 Å². The molecule has 0 aromatic heterocycles. The molecule has 2 aromatic carbocycles. The number of hydrogen-bond donors (Lipinski definition) is 1. The molecule has 0 saturated heterocycles. The third kappa shape index (κ3) is 4.72. The number of benzene rings is 2. The van der Waals surface area contributed by atoms with E-state index >= 15 is 0 Å². The lowest BCUT2D eigenvalue weighted by atomic mass is 10.1. The molecule has 0 spiro atoms. The minimum atomic E-state index is -0.593. The van der Waals surface area contributed by atoms with Crippen molar-refractivity contribution in [3.05, 3.63) is 71.8 Å². The molecule has 0 bridgehead atoms. The van der Waals surface area contributed by atoms with Crippen molar-refractivity contribution in [2.75, 3.05) is 19.9 Å². The summed E-state index contributed by atoms with van der Waals surface area (Å²) in [7, 11) is 0. The lowest BCUT2D eigenvalue weighted by molar-refractivity contribution is 0.127. The minimum absolute atomic E-state index is 0.153. The summed E-state index contributed by atoms with van der Waals surface area (Å²) in [5.41, 5.74) is 1.94. The lowest BCUT2D eigenvalue weighted by Gasteiger charge is -2.15. The van der Waals surface area contributed by atoms with Crippen molar-refractivity contribution in [2.45, 2.75) is 0 Å². The van der Waals surface area contributed by atoms with Crippen LogP contribution in [0.25, 0.3) is 11.8 Å². The highest BCUT2D eigenvalue weighted by atomic mass is 19.1. The number of hydrogen-bond acceptors (Lipinski definition) is 2. The van der Waals surface area contributed by atoms with Crippen LogP contribution in [-0.2, 0) is 4.74 Å². The average Bonchev–Trinajstić information content (AvgIpc) is 2.56. The van der Waals surface area contributed by atoms with E-state index in [-0.39, 0.29) is 13.2 Å². The Bertz CT molecular complexity index is 548. The Morgan fingerprint density at radius 3 is 2.24 bits per heavy atom. The van der Waals surface area contributed by atoms with E-state index in [1.165, 1.54) is 0 Å². The molecule has 0 amide bonds. The van der Waals surface area contributed by atoms with E-state index in [2.05, 4.69) is 0 Å². The zero-order valence-corrected chi connectivity index (χ0v) is 11.8. The Hall–Kier alpha value is -2.13. The predicted molar refractivity (Wildman–Crippen MR) is 83.3 cm³/mol. The maximum Gasteiger partial charge on any atom is 0.127 e. The van der Waals surface area contributed by atoms with Crippen LogP contribution < -0.4 is 0 Å². The van der Waals surface area contributed by atoms with Crippen molar-refractivity contribution in [2.24, 2.45) is 5.92 Å². The topological polar surface area (TPSA) is 29.5 Å². The van der Waals surface area contributed by atoms with Crippen molar-refractivity contribution >= 4 is 11.8 Å². The van der Waals surface area contributed by atoms with Gasteiger partial charge in [0.2, 0.25) is 0 Å². The second-order valence-electron chi connectivity index (χ2n) is 4.80. The summed E-state index contributed by atoms with van der Waals surface area (Å²) in [5, 5.41) is 9.06. The standard InChI is InChI=1S/C18H19FO2/c19-12-16(13-20)14-21-18(17-9-5-2-6-10-17)11-15-7-3-1-4-8-15/h1-11,16,20H,12-14H2. The van der Waals surface area contributed by atoms with E-state index in [1.807, 2.05) is 66.7 Å². The first-order valence-corrected chi connectivity index (χ1v) is 6.95. The molecule has 2 nitrogen and oxygen atoms in total. The molecule has 2 aromatic rings. The van der Waals surface area contributed by atoms with Crippen LogP contribution in [0.2, 0.25) is 0 Å². The second-order valence-corrected chi connectivity index (χ2v) is 4.80. The quantitative estimate of drug-likeness (QED) is 0.620. The highest BCUT2D eigenvalue weighted by Crippen LogP contribution is 2.20. The van der Waals surface area contributed by atoms with Gasteiger partial charge in [-0.1, -0.05) is 60.7 Å². The smallest absolute Gasteiger partial charge is 0.127 e. The monoisotopic (exact) mass is 286 g/mol. The first kappa shape index (κ1) is 15.3. The molecule has 0 radical (unpaired) electrons. The number of rotatable bonds is 7. The fourth-order valence-corrected chi connectivity index (χ4v) is 1.87. The molecule has 1 unspecified atom stereocenters. The molecule has 0 saturated carbocycles. The molecular formula is C18H19FO2. The van der Waals surface area contributed by atoms with Crippen LogP contribution in [0.1, 0.15) is 11.1 Å². The molecule has 1 atom stereocenters. The number of aliphatic hydroxyl groups is 1. The highest BCUT2D eigenvalue weighted by Gasteiger charge is 2.10. The van der Waals surface area contributed by atoms with Gasteiger partial charge in [-0.25, -0.2) is 0 Å². The molecule has 1 N–H and O–H groups in total. The summed E-state index contributed by atoms with van der Waals surface area (Å²) in [6.45, 7) is -0.658. The van der Waals surface area contributed by atoms with E-state index in [4.69, 9.17) is 9.84 Å². The first-order valence-electron chi connectivity index (χ1n) is 6.95. The van der Waals surface area contributed by atoms with Crippen LogP contribution in [-0.4, -0.2) is 25.0 Å². The molecule has 21 heavy (non-hydrogen) atoms. The van der Waals surface area contributed by atoms with Crippen molar-refractivity contribution in [3.63, 3.8) is 0 Å². The van der Waals surface area contributed by atoms with Crippen LogP contribution >= 0.6 is 0 Å². The van der Waals surface area contributed by atoms with Crippen LogP contribution in [0.15, 0.2) is 60.7 Å². The van der Waals surface area contributed by atoms with Crippen molar-refractivity contribution < 1.29 is 14.2 Å². The van der Waals surface area contributed by atoms with Gasteiger partial charge in [-0.15, -0.1) is 0 Å². The van der Waals surface area contributed by atoms with E-state index < -0.39 is 12.6 Å². The highest BCUT2D eigenvalue weighted by molar-refractivity contribution is 5.77. The van der Waals surface area contributed by atoms with E-state index in [0.717, 1.165) is 11.1 Å². The lowest BCUT2D eigenvalue weighted by Crippen LogP contribution is -2.15. The molecule has 0 aliphatic heterocycles. The molecule has 0 fully saturated rings. The SMILES string of the molecule is OCC(CF)COC(=Cc1ccccc1)c1ccccc1. The van der Waals surface area contributed by atoms with Gasteiger partial charge in [-0.2, -0.15) is 0 Å². The fourth-order valence-electron chi connectivity index (χ4n) is 1.87. The van der Waals surface area contributed by atoms with Gasteiger partial charge in [0, 0.05) is 11.5 Å². The van der Waals surface area contributed by atoms with Gasteiger partial charge in [0.1, 0.15) is 5.76 Å². The van der Waals surface area contributed by atoms with E-state index in [9.17, 15) is 4.39 Å². The summed E-state index contributed by atoms with van der Waals surface area (Å²) in [4.78, 5) is 0. The Labute approximate surface area is 124 Å². The maximum absolute atomic E-state index is 12.7. The fraction of sp³-hybridized carbons (Fsp3) is 0.222. The van der Waals surface area contributed by atoms with Crippen molar-refractivity contribution in [1.29, 1.82) is 0 Å². The summed E-state index contributed by atoms with van der Waals surface area (Å²) >= 11 is 0. The first-order chi connectivity index (χ1) is 10.3. The molecular weight excluding hydrogens is 267 g/mol. The molecule has 2 rings (SSSR count). The summed E-state index contributed by atoms with van der Waals surface area (Å²) in [6, 6.07) is 19.5. The summed E-state index contributed by atoms with van der Waals surface area (Å²) in [6.07, 6.45) is 1.92. The Morgan fingerprint density at radius 2 is 1.67 bits per heavy atom. The van der Waals surface area contributed by atoms with Gasteiger partial charge in [0.25, 0.3) is 0 Å². The third-order valence-corrected chi connectivity index (χ3v) is 3.11. The largest absolute Gasteiger partial charge is 0.492 e.